The molecule has 1 unspecified atom stereocenters. The molecule has 1 aliphatic heterocycles. The van der Waals surface area contributed by atoms with E-state index in [1.807, 2.05) is 7.05 Å². The van der Waals surface area contributed by atoms with Gasteiger partial charge in [-0.05, 0) is 7.05 Å². The lowest BCUT2D eigenvalue weighted by atomic mass is 10.1. The largest absolute Gasteiger partial charge is 0.384 e. The van der Waals surface area contributed by atoms with Gasteiger partial charge in [-0.1, -0.05) is 0 Å². The van der Waals surface area contributed by atoms with Gasteiger partial charge in [0.1, 0.15) is 0 Å². The van der Waals surface area contributed by atoms with Crippen LogP contribution in [0.2, 0.25) is 0 Å². The molecule has 0 bridgehead atoms. The Kier molecular flexibility index (Phi) is 4.79. The van der Waals surface area contributed by atoms with Crippen molar-refractivity contribution in [3.05, 3.63) is 12.5 Å². The van der Waals surface area contributed by atoms with Gasteiger partial charge in [-0.2, -0.15) is 4.31 Å². The minimum absolute atomic E-state index is 0.112. The number of ether oxygens (including phenoxy) is 1. The molecule has 1 fully saturated rings. The van der Waals surface area contributed by atoms with Crippen LogP contribution >= 0.6 is 0 Å². The quantitative estimate of drug-likeness (QED) is 0.758. The molecule has 114 valence electrons. The normalized spacial score (nSPS) is 22.9. The van der Waals surface area contributed by atoms with Crippen LogP contribution in [0.1, 0.15) is 0 Å². The highest BCUT2D eigenvalue weighted by Crippen LogP contribution is 2.18. The molecule has 8 heteroatoms. The summed E-state index contributed by atoms with van der Waals surface area (Å²) in [4.78, 5) is 6.11. The van der Waals surface area contributed by atoms with Gasteiger partial charge in [-0.3, -0.25) is 0 Å². The molecule has 7 nitrogen and oxygen atoms in total. The molecule has 2 rings (SSSR count). The van der Waals surface area contributed by atoms with E-state index >= 15 is 0 Å². The maximum absolute atomic E-state index is 12.6. The van der Waals surface area contributed by atoms with Crippen LogP contribution < -0.4 is 0 Å². The highest BCUT2D eigenvalue weighted by molar-refractivity contribution is 7.89. The summed E-state index contributed by atoms with van der Waals surface area (Å²) in [5.41, 5.74) is 0. The Hall–Kier alpha value is -0.960. The molecule has 0 radical (unpaired) electrons. The smallest absolute Gasteiger partial charge is 0.262 e. The van der Waals surface area contributed by atoms with Crippen LogP contribution in [0.25, 0.3) is 0 Å². The van der Waals surface area contributed by atoms with Crippen molar-refractivity contribution < 1.29 is 13.2 Å². The number of hydrogen-bond donors (Lipinski definition) is 0. The van der Waals surface area contributed by atoms with Gasteiger partial charge in [-0.15, -0.1) is 0 Å². The average molecular weight is 302 g/mol. The average Bonchev–Trinajstić information content (AvgIpc) is 2.72. The number of rotatable bonds is 4. The molecule has 1 aromatic rings. The van der Waals surface area contributed by atoms with Gasteiger partial charge in [0.05, 0.1) is 12.9 Å². The zero-order chi connectivity index (χ0) is 14.8. The number of imidazole rings is 1. The van der Waals surface area contributed by atoms with Gasteiger partial charge in [0, 0.05) is 52.5 Å². The van der Waals surface area contributed by atoms with Crippen LogP contribution in [0.15, 0.2) is 17.6 Å². The second-order valence-corrected chi connectivity index (χ2v) is 7.21. The van der Waals surface area contributed by atoms with E-state index in [1.54, 1.807) is 18.7 Å². The van der Waals surface area contributed by atoms with Crippen LogP contribution in [0.5, 0.6) is 0 Å². The van der Waals surface area contributed by atoms with Crippen molar-refractivity contribution in [1.82, 2.24) is 18.8 Å². The number of nitrogens with zero attached hydrogens (tertiary/aromatic N) is 4. The minimum Gasteiger partial charge on any atom is -0.384 e. The summed E-state index contributed by atoms with van der Waals surface area (Å²) in [6.45, 7) is 3.06. The molecule has 2 heterocycles. The lowest BCUT2D eigenvalue weighted by Crippen LogP contribution is -2.37. The van der Waals surface area contributed by atoms with Gasteiger partial charge < -0.3 is 14.2 Å². The van der Waals surface area contributed by atoms with E-state index in [2.05, 4.69) is 9.88 Å². The maximum atomic E-state index is 12.6. The second-order valence-electron chi connectivity index (χ2n) is 5.32. The van der Waals surface area contributed by atoms with Crippen molar-refractivity contribution in [2.75, 3.05) is 46.9 Å². The summed E-state index contributed by atoms with van der Waals surface area (Å²) >= 11 is 0. The molecule has 0 aliphatic carbocycles. The molecule has 0 saturated carbocycles. The second kappa shape index (κ2) is 6.21. The van der Waals surface area contributed by atoms with E-state index in [0.29, 0.717) is 26.2 Å². The molecule has 0 N–H and O–H groups in total. The standard InChI is InChI=1S/C12H22N4O3S/c1-14-4-5-16(7-11(6-14)9-19-3)20(17,18)12-8-15(2)10-13-12/h8,10-11H,4-7,9H2,1-3H3. The monoisotopic (exact) mass is 302 g/mol. The Morgan fingerprint density at radius 3 is 2.70 bits per heavy atom. The highest BCUT2D eigenvalue weighted by Gasteiger charge is 2.31. The Labute approximate surface area is 120 Å². The number of likely N-dealkylation sites (N-methyl/N-ethyl adjacent to an activating group) is 1. The highest BCUT2D eigenvalue weighted by atomic mass is 32.2. The van der Waals surface area contributed by atoms with Crippen molar-refractivity contribution in [3.8, 4) is 0 Å². The topological polar surface area (TPSA) is 67.7 Å². The van der Waals surface area contributed by atoms with Crippen LogP contribution in [-0.4, -0.2) is 74.1 Å². The lowest BCUT2D eigenvalue weighted by molar-refractivity contribution is 0.132. The first-order chi connectivity index (χ1) is 9.43. The third kappa shape index (κ3) is 3.38. The first-order valence-corrected chi connectivity index (χ1v) is 8.03. The van der Waals surface area contributed by atoms with Gasteiger partial charge in [0.15, 0.2) is 5.03 Å². The van der Waals surface area contributed by atoms with Crippen LogP contribution in [0.3, 0.4) is 0 Å². The Morgan fingerprint density at radius 2 is 2.10 bits per heavy atom. The molecule has 1 atom stereocenters. The molecular formula is C12H22N4O3S. The first-order valence-electron chi connectivity index (χ1n) is 6.59. The van der Waals surface area contributed by atoms with E-state index in [-0.39, 0.29) is 10.9 Å². The van der Waals surface area contributed by atoms with Gasteiger partial charge in [-0.25, -0.2) is 13.4 Å². The molecule has 1 aromatic heterocycles. The summed E-state index contributed by atoms with van der Waals surface area (Å²) in [7, 11) is 1.88. The number of aryl methyl sites for hydroxylation is 1. The summed E-state index contributed by atoms with van der Waals surface area (Å²) in [6, 6.07) is 0. The van der Waals surface area contributed by atoms with Crippen molar-refractivity contribution in [2.24, 2.45) is 13.0 Å². The van der Waals surface area contributed by atoms with E-state index in [9.17, 15) is 8.42 Å². The molecule has 0 spiro atoms. The first kappa shape index (κ1) is 15.4. The van der Waals surface area contributed by atoms with Gasteiger partial charge >= 0.3 is 0 Å². The molecular weight excluding hydrogens is 280 g/mol. The van der Waals surface area contributed by atoms with Crippen molar-refractivity contribution in [2.45, 2.75) is 5.03 Å². The Morgan fingerprint density at radius 1 is 1.35 bits per heavy atom. The molecule has 1 aliphatic rings. The fourth-order valence-corrected chi connectivity index (χ4v) is 3.94. The Bertz CT molecular complexity index is 543. The lowest BCUT2D eigenvalue weighted by Gasteiger charge is -2.22. The van der Waals surface area contributed by atoms with Crippen LogP contribution in [0.4, 0.5) is 0 Å². The third-order valence-corrected chi connectivity index (χ3v) is 5.20. The summed E-state index contributed by atoms with van der Waals surface area (Å²) in [6.07, 6.45) is 3.04. The SMILES string of the molecule is COCC1CN(C)CCN(S(=O)(=O)c2cn(C)cn2)C1. The van der Waals surface area contributed by atoms with Crippen molar-refractivity contribution >= 4 is 10.0 Å². The fourth-order valence-electron chi connectivity index (χ4n) is 2.47. The minimum atomic E-state index is -3.52. The molecule has 0 aromatic carbocycles. The van der Waals surface area contributed by atoms with E-state index in [0.717, 1.165) is 6.54 Å². The zero-order valence-corrected chi connectivity index (χ0v) is 13.0. The number of sulfonamides is 1. The van der Waals surface area contributed by atoms with E-state index in [4.69, 9.17) is 4.74 Å². The summed E-state index contributed by atoms with van der Waals surface area (Å²) in [5, 5.41) is 0.112. The van der Waals surface area contributed by atoms with E-state index < -0.39 is 10.0 Å². The zero-order valence-electron chi connectivity index (χ0n) is 12.2. The van der Waals surface area contributed by atoms with Gasteiger partial charge in [0.2, 0.25) is 0 Å². The van der Waals surface area contributed by atoms with Crippen LogP contribution in [0, 0.1) is 5.92 Å². The molecule has 20 heavy (non-hydrogen) atoms. The number of hydrogen-bond acceptors (Lipinski definition) is 5. The van der Waals surface area contributed by atoms with E-state index in [1.165, 1.54) is 16.8 Å². The third-order valence-electron chi connectivity index (χ3n) is 3.45. The van der Waals surface area contributed by atoms with Crippen molar-refractivity contribution in [3.63, 3.8) is 0 Å². The number of aromatic nitrogens is 2. The van der Waals surface area contributed by atoms with Crippen LogP contribution in [-0.2, 0) is 21.8 Å². The maximum Gasteiger partial charge on any atom is 0.262 e. The number of methoxy groups -OCH3 is 1. The summed E-state index contributed by atoms with van der Waals surface area (Å²) in [5.74, 6) is 0.172. The van der Waals surface area contributed by atoms with Crippen molar-refractivity contribution in [1.29, 1.82) is 0 Å². The molecule has 0 amide bonds. The summed E-state index contributed by atoms with van der Waals surface area (Å²) < 4.78 is 33.5. The predicted molar refractivity (Wildman–Crippen MR) is 74.8 cm³/mol. The van der Waals surface area contributed by atoms with Gasteiger partial charge in [0.25, 0.3) is 10.0 Å². The predicted octanol–water partition coefficient (Wildman–Crippen LogP) is -0.381. The Balaban J connectivity index is 2.21. The fraction of sp³-hybridized carbons (Fsp3) is 0.750. The molecule has 1 saturated heterocycles.